The molecule has 0 fully saturated rings. The van der Waals surface area contributed by atoms with Gasteiger partial charge in [-0.1, -0.05) is 23.9 Å². The molecule has 0 saturated carbocycles. The molecular weight excluding hydrogens is 372 g/mol. The van der Waals surface area contributed by atoms with Crippen LogP contribution < -0.4 is 15.8 Å². The quantitative estimate of drug-likeness (QED) is 0.509. The highest BCUT2D eigenvalue weighted by atomic mass is 32.2. The van der Waals surface area contributed by atoms with E-state index in [2.05, 4.69) is 10.3 Å². The number of hydrogen-bond donors (Lipinski definition) is 1. The van der Waals surface area contributed by atoms with Crippen molar-refractivity contribution in [2.75, 3.05) is 24.3 Å². The molecule has 1 N–H and O–H groups in total. The van der Waals surface area contributed by atoms with Gasteiger partial charge in [0, 0.05) is 32.0 Å². The first-order chi connectivity index (χ1) is 13.4. The van der Waals surface area contributed by atoms with Crippen molar-refractivity contribution >= 4 is 39.9 Å². The third-order valence-electron chi connectivity index (χ3n) is 4.45. The van der Waals surface area contributed by atoms with Gasteiger partial charge >= 0.3 is 0 Å². The van der Waals surface area contributed by atoms with Gasteiger partial charge in [0.1, 0.15) is 0 Å². The number of para-hydroxylation sites is 1. The summed E-state index contributed by atoms with van der Waals surface area (Å²) in [6.07, 6.45) is 0. The van der Waals surface area contributed by atoms with Crippen molar-refractivity contribution in [3.8, 4) is 0 Å². The summed E-state index contributed by atoms with van der Waals surface area (Å²) in [6, 6.07) is 14.9. The fourth-order valence-corrected chi connectivity index (χ4v) is 3.79. The van der Waals surface area contributed by atoms with E-state index < -0.39 is 5.25 Å². The topological polar surface area (TPSA) is 67.2 Å². The van der Waals surface area contributed by atoms with Gasteiger partial charge in [-0.25, -0.2) is 4.98 Å². The standard InChI is InChI=1S/C21H24N4O2S/c1-5-25-20(27)17-8-6-7-9-18(17)23-21(25)28-14(2)19(26)22-15-10-12-16(13-11-15)24(3)4/h6-14H,5H2,1-4H3,(H,22,26). The summed E-state index contributed by atoms with van der Waals surface area (Å²) in [5.41, 5.74) is 2.37. The Bertz CT molecular complexity index is 1040. The van der Waals surface area contributed by atoms with Crippen molar-refractivity contribution in [3.63, 3.8) is 0 Å². The minimum Gasteiger partial charge on any atom is -0.378 e. The second-order valence-corrected chi connectivity index (χ2v) is 7.96. The first kappa shape index (κ1) is 19.9. The van der Waals surface area contributed by atoms with E-state index in [0.717, 1.165) is 11.4 Å². The van der Waals surface area contributed by atoms with Crippen LogP contribution in [0.2, 0.25) is 0 Å². The summed E-state index contributed by atoms with van der Waals surface area (Å²) in [5.74, 6) is -0.132. The number of hydrogen-bond acceptors (Lipinski definition) is 5. The zero-order chi connectivity index (χ0) is 20.3. The normalized spacial score (nSPS) is 12.0. The molecule has 1 unspecified atom stereocenters. The second kappa shape index (κ2) is 8.48. The highest BCUT2D eigenvalue weighted by Gasteiger charge is 2.19. The fourth-order valence-electron chi connectivity index (χ4n) is 2.81. The van der Waals surface area contributed by atoms with Crippen LogP contribution in [0.25, 0.3) is 10.9 Å². The van der Waals surface area contributed by atoms with Gasteiger partial charge in [0.05, 0.1) is 16.2 Å². The van der Waals surface area contributed by atoms with Gasteiger partial charge in [0.25, 0.3) is 5.56 Å². The summed E-state index contributed by atoms with van der Waals surface area (Å²) < 4.78 is 1.61. The van der Waals surface area contributed by atoms with E-state index in [-0.39, 0.29) is 11.5 Å². The van der Waals surface area contributed by atoms with Crippen LogP contribution in [0.4, 0.5) is 11.4 Å². The van der Waals surface area contributed by atoms with Crippen LogP contribution in [0.15, 0.2) is 58.5 Å². The molecule has 1 aromatic heterocycles. The Balaban J connectivity index is 1.79. The smallest absolute Gasteiger partial charge is 0.262 e. The predicted octanol–water partition coefficient (Wildman–Crippen LogP) is 3.60. The molecule has 3 aromatic rings. The average Bonchev–Trinajstić information content (AvgIpc) is 2.68. The lowest BCUT2D eigenvalue weighted by Gasteiger charge is -2.16. The number of thioether (sulfide) groups is 1. The Morgan fingerprint density at radius 3 is 2.50 bits per heavy atom. The molecule has 0 radical (unpaired) electrons. The molecule has 1 amide bonds. The molecule has 0 bridgehead atoms. The average molecular weight is 397 g/mol. The van der Waals surface area contributed by atoms with E-state index in [1.165, 1.54) is 11.8 Å². The van der Waals surface area contributed by atoms with Crippen molar-refractivity contribution in [1.29, 1.82) is 0 Å². The van der Waals surface area contributed by atoms with E-state index in [9.17, 15) is 9.59 Å². The van der Waals surface area contributed by atoms with Gasteiger partial charge in [-0.2, -0.15) is 0 Å². The predicted molar refractivity (Wildman–Crippen MR) is 116 cm³/mol. The lowest BCUT2D eigenvalue weighted by Crippen LogP contribution is -2.26. The molecule has 0 aliphatic heterocycles. The van der Waals surface area contributed by atoms with Crippen LogP contribution in [0, 0.1) is 0 Å². The van der Waals surface area contributed by atoms with Crippen molar-refractivity contribution in [1.82, 2.24) is 9.55 Å². The number of anilines is 2. The number of fused-ring (bicyclic) bond motifs is 1. The van der Waals surface area contributed by atoms with Crippen LogP contribution in [-0.2, 0) is 11.3 Å². The number of amides is 1. The Morgan fingerprint density at radius 1 is 1.18 bits per heavy atom. The highest BCUT2D eigenvalue weighted by molar-refractivity contribution is 8.00. The summed E-state index contributed by atoms with van der Waals surface area (Å²) in [7, 11) is 3.94. The zero-order valence-electron chi connectivity index (χ0n) is 16.5. The molecule has 0 spiro atoms. The number of benzene rings is 2. The zero-order valence-corrected chi connectivity index (χ0v) is 17.3. The third-order valence-corrected chi connectivity index (χ3v) is 5.54. The Kier molecular flexibility index (Phi) is 6.04. The van der Waals surface area contributed by atoms with Gasteiger partial charge in [-0.15, -0.1) is 0 Å². The molecule has 0 saturated heterocycles. The maximum Gasteiger partial charge on any atom is 0.262 e. The number of carbonyl (C=O) groups excluding carboxylic acids is 1. The second-order valence-electron chi connectivity index (χ2n) is 6.65. The first-order valence-electron chi connectivity index (χ1n) is 9.15. The summed E-state index contributed by atoms with van der Waals surface area (Å²) in [4.78, 5) is 31.9. The Labute approximate surface area is 168 Å². The summed E-state index contributed by atoms with van der Waals surface area (Å²) >= 11 is 1.29. The Hall–Kier alpha value is -2.80. The van der Waals surface area contributed by atoms with E-state index in [0.29, 0.717) is 22.6 Å². The number of carbonyl (C=O) groups is 1. The number of aromatic nitrogens is 2. The molecular formula is C21H24N4O2S. The van der Waals surface area contributed by atoms with E-state index >= 15 is 0 Å². The van der Waals surface area contributed by atoms with Crippen molar-refractivity contribution < 1.29 is 4.79 Å². The molecule has 3 rings (SSSR count). The van der Waals surface area contributed by atoms with Crippen LogP contribution >= 0.6 is 11.8 Å². The van der Waals surface area contributed by atoms with Crippen molar-refractivity contribution in [3.05, 3.63) is 58.9 Å². The summed E-state index contributed by atoms with van der Waals surface area (Å²) in [6.45, 7) is 4.22. The van der Waals surface area contributed by atoms with Gasteiger partial charge < -0.3 is 10.2 Å². The third kappa shape index (κ3) is 4.20. The number of nitrogens with zero attached hydrogens (tertiary/aromatic N) is 3. The summed E-state index contributed by atoms with van der Waals surface area (Å²) in [5, 5.41) is 3.66. The molecule has 6 nitrogen and oxygen atoms in total. The molecule has 2 aromatic carbocycles. The number of nitrogens with one attached hydrogen (secondary N) is 1. The van der Waals surface area contributed by atoms with E-state index in [4.69, 9.17) is 0 Å². The lowest BCUT2D eigenvalue weighted by molar-refractivity contribution is -0.115. The minimum absolute atomic E-state index is 0.0810. The van der Waals surface area contributed by atoms with Crippen LogP contribution in [0.1, 0.15) is 13.8 Å². The SMILES string of the molecule is CCn1c(SC(C)C(=O)Nc2ccc(N(C)C)cc2)nc2ccccc2c1=O. The molecule has 0 aliphatic carbocycles. The molecule has 1 heterocycles. The van der Waals surface area contributed by atoms with Crippen molar-refractivity contribution in [2.24, 2.45) is 0 Å². The monoisotopic (exact) mass is 396 g/mol. The molecule has 28 heavy (non-hydrogen) atoms. The maximum atomic E-state index is 12.7. The van der Waals surface area contributed by atoms with Gasteiger partial charge in [0.2, 0.25) is 5.91 Å². The van der Waals surface area contributed by atoms with E-state index in [1.807, 2.05) is 75.3 Å². The van der Waals surface area contributed by atoms with Gasteiger partial charge in [-0.3, -0.25) is 14.2 Å². The molecule has 146 valence electrons. The first-order valence-corrected chi connectivity index (χ1v) is 10.0. The van der Waals surface area contributed by atoms with Crippen LogP contribution in [0.5, 0.6) is 0 Å². The van der Waals surface area contributed by atoms with E-state index in [1.54, 1.807) is 10.6 Å². The maximum absolute atomic E-state index is 12.7. The van der Waals surface area contributed by atoms with Gasteiger partial charge in [-0.05, 0) is 50.2 Å². The number of rotatable bonds is 6. The molecule has 7 heteroatoms. The fraction of sp³-hybridized carbons (Fsp3) is 0.286. The Morgan fingerprint density at radius 2 is 1.86 bits per heavy atom. The highest BCUT2D eigenvalue weighted by Crippen LogP contribution is 2.24. The van der Waals surface area contributed by atoms with Crippen molar-refractivity contribution in [2.45, 2.75) is 30.8 Å². The minimum atomic E-state index is -0.403. The van der Waals surface area contributed by atoms with Crippen LogP contribution in [-0.4, -0.2) is 34.8 Å². The molecule has 1 atom stereocenters. The van der Waals surface area contributed by atoms with Gasteiger partial charge in [0.15, 0.2) is 5.16 Å². The molecule has 0 aliphatic rings. The lowest BCUT2D eigenvalue weighted by atomic mass is 10.2. The largest absolute Gasteiger partial charge is 0.378 e. The van der Waals surface area contributed by atoms with Crippen LogP contribution in [0.3, 0.4) is 0 Å².